The second-order valence-corrected chi connectivity index (χ2v) is 5.45. The summed E-state index contributed by atoms with van der Waals surface area (Å²) in [7, 11) is 0. The van der Waals surface area contributed by atoms with E-state index in [4.69, 9.17) is 4.74 Å². The van der Waals surface area contributed by atoms with Gasteiger partial charge in [0.15, 0.2) is 5.82 Å². The summed E-state index contributed by atoms with van der Waals surface area (Å²) in [5, 5.41) is 0. The van der Waals surface area contributed by atoms with Crippen LogP contribution in [0.4, 0.5) is 10.2 Å². The third-order valence-electron chi connectivity index (χ3n) is 4.03. The Morgan fingerprint density at radius 1 is 1.38 bits per heavy atom. The van der Waals surface area contributed by atoms with Crippen LogP contribution >= 0.6 is 0 Å². The van der Waals surface area contributed by atoms with Gasteiger partial charge in [0.25, 0.3) is 5.56 Å². The van der Waals surface area contributed by atoms with Gasteiger partial charge in [0, 0.05) is 11.6 Å². The number of halogens is 1. The summed E-state index contributed by atoms with van der Waals surface area (Å²) < 4.78 is 19.5. The molecule has 2 aromatic rings. The van der Waals surface area contributed by atoms with Crippen molar-refractivity contribution in [2.45, 2.75) is 19.8 Å². The van der Waals surface area contributed by atoms with E-state index in [0.717, 1.165) is 0 Å². The monoisotopic (exact) mass is 329 g/mol. The van der Waals surface area contributed by atoms with Gasteiger partial charge in [-0.3, -0.25) is 9.59 Å². The third kappa shape index (κ3) is 2.62. The van der Waals surface area contributed by atoms with Crippen LogP contribution in [0.3, 0.4) is 0 Å². The predicted molar refractivity (Wildman–Crippen MR) is 86.0 cm³/mol. The van der Waals surface area contributed by atoms with Crippen LogP contribution in [0, 0.1) is 11.7 Å². The van der Waals surface area contributed by atoms with Crippen LogP contribution in [0.15, 0.2) is 40.4 Å². The number of benzene rings is 1. The summed E-state index contributed by atoms with van der Waals surface area (Å²) in [4.78, 5) is 35.6. The number of carbonyl (C=O) groups excluding carboxylic acids is 1. The molecule has 3 rings (SSSR count). The maximum absolute atomic E-state index is 14.4. The van der Waals surface area contributed by atoms with Crippen molar-refractivity contribution in [2.24, 2.45) is 10.9 Å². The van der Waals surface area contributed by atoms with Crippen molar-refractivity contribution >= 4 is 17.5 Å². The molecule has 24 heavy (non-hydrogen) atoms. The molecule has 0 radical (unpaired) electrons. The van der Waals surface area contributed by atoms with Crippen LogP contribution in [0.5, 0.6) is 0 Å². The maximum atomic E-state index is 14.4. The Kier molecular flexibility index (Phi) is 4.24. The Bertz CT molecular complexity index is 875. The molecule has 1 N–H and O–H groups in total. The number of aliphatic imine (C=N–C) groups is 1. The summed E-state index contributed by atoms with van der Waals surface area (Å²) >= 11 is 0. The van der Waals surface area contributed by atoms with Crippen molar-refractivity contribution in [1.82, 2.24) is 9.97 Å². The average molecular weight is 329 g/mol. The molecule has 2 unspecified atom stereocenters. The van der Waals surface area contributed by atoms with E-state index in [9.17, 15) is 14.0 Å². The molecule has 0 amide bonds. The molecule has 1 aromatic carbocycles. The summed E-state index contributed by atoms with van der Waals surface area (Å²) in [6.45, 7) is 3.53. The fraction of sp³-hybridized carbons (Fsp3) is 0.294. The molecule has 0 spiro atoms. The van der Waals surface area contributed by atoms with Crippen molar-refractivity contribution in [3.05, 3.63) is 57.9 Å². The Hall–Kier alpha value is -2.83. The van der Waals surface area contributed by atoms with Gasteiger partial charge in [-0.05, 0) is 25.5 Å². The Labute approximate surface area is 137 Å². The Morgan fingerprint density at radius 3 is 2.83 bits per heavy atom. The van der Waals surface area contributed by atoms with Crippen LogP contribution in [-0.2, 0) is 9.53 Å². The van der Waals surface area contributed by atoms with E-state index in [-0.39, 0.29) is 23.6 Å². The highest BCUT2D eigenvalue weighted by Crippen LogP contribution is 2.40. The van der Waals surface area contributed by atoms with Crippen LogP contribution < -0.4 is 5.56 Å². The van der Waals surface area contributed by atoms with Crippen LogP contribution in [-0.4, -0.2) is 28.3 Å². The zero-order chi connectivity index (χ0) is 17.3. The van der Waals surface area contributed by atoms with E-state index in [2.05, 4.69) is 15.0 Å². The molecule has 1 aliphatic heterocycles. The lowest BCUT2D eigenvalue weighted by molar-refractivity contribution is -0.146. The molecule has 2 heterocycles. The molecule has 124 valence electrons. The van der Waals surface area contributed by atoms with E-state index in [1.165, 1.54) is 12.4 Å². The van der Waals surface area contributed by atoms with Gasteiger partial charge in [-0.15, -0.1) is 0 Å². The van der Waals surface area contributed by atoms with E-state index >= 15 is 0 Å². The minimum absolute atomic E-state index is 0.172. The van der Waals surface area contributed by atoms with Gasteiger partial charge in [0.2, 0.25) is 0 Å². The number of nitrogens with zero attached hydrogens (tertiary/aromatic N) is 2. The SMILES string of the molecule is CCOC(=O)C1C(C)=Nc2nc[nH]c(=O)c2C1c1ccccc1F. The fourth-order valence-electron chi connectivity index (χ4n) is 3.02. The highest BCUT2D eigenvalue weighted by atomic mass is 19.1. The summed E-state index contributed by atoms with van der Waals surface area (Å²) in [6.07, 6.45) is 1.24. The molecule has 0 fully saturated rings. The standard InChI is InChI=1S/C17H16FN3O3/c1-3-24-17(23)12-9(2)21-15-14(16(22)20-8-19-15)13(12)10-6-4-5-7-11(10)18/h4-8,12-13H,3H2,1-2H3,(H,19,20,22). The van der Waals surface area contributed by atoms with Crippen molar-refractivity contribution in [1.29, 1.82) is 0 Å². The number of aromatic amines is 1. The Morgan fingerprint density at radius 2 is 2.12 bits per heavy atom. The Balaban J connectivity index is 2.27. The number of carbonyl (C=O) groups is 1. The van der Waals surface area contributed by atoms with Crippen LogP contribution in [0.1, 0.15) is 30.9 Å². The number of rotatable bonds is 3. The van der Waals surface area contributed by atoms with Gasteiger partial charge in [-0.25, -0.2) is 14.4 Å². The second kappa shape index (κ2) is 6.35. The molecule has 7 heteroatoms. The number of fused-ring (bicyclic) bond motifs is 1. The van der Waals surface area contributed by atoms with Gasteiger partial charge in [0.1, 0.15) is 11.7 Å². The highest BCUT2D eigenvalue weighted by molar-refractivity contribution is 6.04. The largest absolute Gasteiger partial charge is 0.465 e. The zero-order valence-electron chi connectivity index (χ0n) is 13.2. The molecule has 0 bridgehead atoms. The lowest BCUT2D eigenvalue weighted by atomic mass is 9.77. The molecule has 6 nitrogen and oxygen atoms in total. The molecule has 0 aliphatic carbocycles. The van der Waals surface area contributed by atoms with E-state index in [1.807, 2.05) is 0 Å². The quantitative estimate of drug-likeness (QED) is 0.876. The van der Waals surface area contributed by atoms with Crippen molar-refractivity contribution in [3.63, 3.8) is 0 Å². The van der Waals surface area contributed by atoms with Gasteiger partial charge in [0.05, 0.1) is 18.5 Å². The molecule has 0 saturated carbocycles. The van der Waals surface area contributed by atoms with E-state index in [0.29, 0.717) is 5.71 Å². The lowest BCUT2D eigenvalue weighted by Crippen LogP contribution is -2.37. The van der Waals surface area contributed by atoms with Crippen molar-refractivity contribution in [2.75, 3.05) is 6.61 Å². The minimum atomic E-state index is -0.875. The first-order valence-electron chi connectivity index (χ1n) is 7.58. The van der Waals surface area contributed by atoms with E-state index < -0.39 is 29.2 Å². The number of aromatic nitrogens is 2. The van der Waals surface area contributed by atoms with Gasteiger partial charge in [-0.2, -0.15) is 0 Å². The maximum Gasteiger partial charge on any atom is 0.315 e. The topological polar surface area (TPSA) is 84.4 Å². The van der Waals surface area contributed by atoms with E-state index in [1.54, 1.807) is 32.0 Å². The lowest BCUT2D eigenvalue weighted by Gasteiger charge is -2.29. The first-order valence-corrected chi connectivity index (χ1v) is 7.58. The van der Waals surface area contributed by atoms with Gasteiger partial charge in [-0.1, -0.05) is 18.2 Å². The number of nitrogens with one attached hydrogen (secondary N) is 1. The number of hydrogen-bond donors (Lipinski definition) is 1. The predicted octanol–water partition coefficient (Wildman–Crippen LogP) is 2.33. The molecular weight excluding hydrogens is 313 g/mol. The molecule has 1 aliphatic rings. The van der Waals surface area contributed by atoms with Crippen LogP contribution in [0.25, 0.3) is 0 Å². The summed E-state index contributed by atoms with van der Waals surface area (Å²) in [5.74, 6) is -2.55. The average Bonchev–Trinajstić information content (AvgIpc) is 2.54. The molecule has 2 atom stereocenters. The number of ether oxygens (including phenoxy) is 1. The van der Waals surface area contributed by atoms with Crippen molar-refractivity contribution in [3.8, 4) is 0 Å². The number of hydrogen-bond acceptors (Lipinski definition) is 5. The van der Waals surface area contributed by atoms with Gasteiger partial charge < -0.3 is 9.72 Å². The second-order valence-electron chi connectivity index (χ2n) is 5.45. The number of H-pyrrole nitrogens is 1. The molecular formula is C17H16FN3O3. The smallest absolute Gasteiger partial charge is 0.315 e. The zero-order valence-corrected chi connectivity index (χ0v) is 13.2. The van der Waals surface area contributed by atoms with Crippen LogP contribution in [0.2, 0.25) is 0 Å². The van der Waals surface area contributed by atoms with Crippen molar-refractivity contribution < 1.29 is 13.9 Å². The highest BCUT2D eigenvalue weighted by Gasteiger charge is 2.41. The molecule has 0 saturated heterocycles. The number of esters is 1. The van der Waals surface area contributed by atoms with Gasteiger partial charge >= 0.3 is 5.97 Å². The first kappa shape index (κ1) is 16.0. The normalized spacial score (nSPS) is 19.4. The first-order chi connectivity index (χ1) is 11.5. The fourth-order valence-corrected chi connectivity index (χ4v) is 3.02. The molecule has 1 aromatic heterocycles. The third-order valence-corrected chi connectivity index (χ3v) is 4.03. The summed E-state index contributed by atoms with van der Waals surface area (Å²) in [6, 6.07) is 6.06. The minimum Gasteiger partial charge on any atom is -0.465 e. The summed E-state index contributed by atoms with van der Waals surface area (Å²) in [5.41, 5.74) is 0.405.